The van der Waals surface area contributed by atoms with Gasteiger partial charge in [-0.15, -0.1) is 0 Å². The van der Waals surface area contributed by atoms with E-state index < -0.39 is 12.0 Å². The van der Waals surface area contributed by atoms with E-state index in [9.17, 15) is 14.7 Å². The molecule has 0 aliphatic carbocycles. The van der Waals surface area contributed by atoms with Gasteiger partial charge in [-0.25, -0.2) is 9.78 Å². The zero-order valence-electron chi connectivity index (χ0n) is 18.7. The van der Waals surface area contributed by atoms with E-state index in [4.69, 9.17) is 5.73 Å². The largest absolute Gasteiger partial charge is 0.391 e. The summed E-state index contributed by atoms with van der Waals surface area (Å²) in [5, 5.41) is 18.8. The van der Waals surface area contributed by atoms with E-state index in [2.05, 4.69) is 25.9 Å². The van der Waals surface area contributed by atoms with Gasteiger partial charge in [0, 0.05) is 36.7 Å². The molecule has 1 fully saturated rings. The van der Waals surface area contributed by atoms with Crippen LogP contribution in [0, 0.1) is 0 Å². The Morgan fingerprint density at radius 1 is 1.15 bits per heavy atom. The number of carbonyl (C=O) groups excluding carboxylic acids is 2. The molecular formula is C24H27N7O3. The molecule has 1 aromatic heterocycles. The number of anilines is 4. The number of nitrogens with two attached hydrogens (primary N) is 1. The molecular weight excluding hydrogens is 434 g/mol. The normalized spacial score (nSPS) is 16.1. The summed E-state index contributed by atoms with van der Waals surface area (Å²) in [4.78, 5) is 34.6. The minimum Gasteiger partial charge on any atom is -0.391 e. The number of aliphatic hydroxyl groups is 1. The lowest BCUT2D eigenvalue weighted by atomic mass is 10.1. The number of rotatable bonds is 7. The van der Waals surface area contributed by atoms with Crippen LogP contribution in [0.2, 0.25) is 0 Å². The summed E-state index contributed by atoms with van der Waals surface area (Å²) in [7, 11) is 0. The summed E-state index contributed by atoms with van der Waals surface area (Å²) < 4.78 is 0. The molecule has 0 radical (unpaired) electrons. The topological polar surface area (TPSA) is 146 Å². The van der Waals surface area contributed by atoms with Crippen LogP contribution in [0.1, 0.15) is 35.3 Å². The molecule has 3 aromatic rings. The average Bonchev–Trinajstić information content (AvgIpc) is 3.26. The number of nitrogens with one attached hydrogen (secondary N) is 3. The van der Waals surface area contributed by atoms with Crippen LogP contribution in [-0.4, -0.2) is 51.1 Å². The highest BCUT2D eigenvalue weighted by molar-refractivity contribution is 5.97. The second-order valence-corrected chi connectivity index (χ2v) is 8.12. The smallest absolute Gasteiger partial charge is 0.321 e. The van der Waals surface area contributed by atoms with Gasteiger partial charge in [-0.1, -0.05) is 36.4 Å². The van der Waals surface area contributed by atoms with Crippen LogP contribution < -0.4 is 21.7 Å². The Morgan fingerprint density at radius 2 is 1.91 bits per heavy atom. The molecule has 10 heteroatoms. The molecule has 10 nitrogen and oxygen atoms in total. The second kappa shape index (κ2) is 10.2. The number of aliphatic hydroxyl groups excluding tert-OH is 1. The standard InChI is InChI=1S/C24H27N7O3/c1-15(16-6-3-2-4-7-16)27-22-20(21(25)33)13-26-23(30-22)28-17-8-5-9-18(12-17)29-24(34)31-11-10-19(32)14-31/h2-9,12-13,15,19,32H,10-11,14H2,1H3,(H2,25,33)(H,29,34)(H2,26,27,28,30)/t15-,19+/m1/s1. The van der Waals surface area contributed by atoms with Crippen molar-refractivity contribution >= 4 is 35.1 Å². The van der Waals surface area contributed by atoms with Crippen LogP contribution in [0.25, 0.3) is 0 Å². The first kappa shape index (κ1) is 23.0. The Labute approximate surface area is 197 Å². The van der Waals surface area contributed by atoms with Crippen LogP contribution >= 0.6 is 0 Å². The lowest BCUT2D eigenvalue weighted by Gasteiger charge is -2.18. The molecule has 34 heavy (non-hydrogen) atoms. The molecule has 176 valence electrons. The van der Waals surface area contributed by atoms with E-state index in [-0.39, 0.29) is 23.6 Å². The van der Waals surface area contributed by atoms with Gasteiger partial charge in [-0.05, 0) is 37.1 Å². The Morgan fingerprint density at radius 3 is 2.62 bits per heavy atom. The van der Waals surface area contributed by atoms with Gasteiger partial charge in [-0.3, -0.25) is 4.79 Å². The minimum atomic E-state index is -0.633. The Bertz CT molecular complexity index is 1170. The third-order valence-corrected chi connectivity index (χ3v) is 5.53. The molecule has 2 heterocycles. The summed E-state index contributed by atoms with van der Waals surface area (Å²) in [6, 6.07) is 16.5. The molecule has 0 bridgehead atoms. The van der Waals surface area contributed by atoms with E-state index in [0.29, 0.717) is 36.7 Å². The summed E-state index contributed by atoms with van der Waals surface area (Å²) >= 11 is 0. The highest BCUT2D eigenvalue weighted by atomic mass is 16.3. The van der Waals surface area contributed by atoms with E-state index in [1.54, 1.807) is 29.2 Å². The first-order chi connectivity index (χ1) is 16.4. The van der Waals surface area contributed by atoms with Crippen LogP contribution in [-0.2, 0) is 0 Å². The predicted molar refractivity (Wildman–Crippen MR) is 130 cm³/mol. The second-order valence-electron chi connectivity index (χ2n) is 8.12. The molecule has 1 aliphatic rings. The Balaban J connectivity index is 1.49. The number of urea groups is 1. The third-order valence-electron chi connectivity index (χ3n) is 5.53. The fraction of sp³-hybridized carbons (Fsp3) is 0.250. The third kappa shape index (κ3) is 5.59. The van der Waals surface area contributed by atoms with Crippen molar-refractivity contribution in [1.82, 2.24) is 14.9 Å². The molecule has 1 saturated heterocycles. The van der Waals surface area contributed by atoms with Crippen molar-refractivity contribution < 1.29 is 14.7 Å². The Kier molecular flexibility index (Phi) is 6.88. The zero-order chi connectivity index (χ0) is 24.1. The number of amides is 3. The number of carbonyl (C=O) groups is 2. The van der Waals surface area contributed by atoms with Crippen molar-refractivity contribution in [3.05, 3.63) is 71.9 Å². The van der Waals surface area contributed by atoms with Gasteiger partial charge in [0.15, 0.2) is 0 Å². The molecule has 0 saturated carbocycles. The van der Waals surface area contributed by atoms with E-state index >= 15 is 0 Å². The van der Waals surface area contributed by atoms with Gasteiger partial charge in [0.2, 0.25) is 5.95 Å². The lowest BCUT2D eigenvalue weighted by molar-refractivity contribution is 0.100. The SMILES string of the molecule is C[C@@H](Nc1nc(Nc2cccc(NC(=O)N3CC[C@H](O)C3)c2)ncc1C(N)=O)c1ccccc1. The van der Waals surface area contributed by atoms with Crippen molar-refractivity contribution in [2.75, 3.05) is 29.0 Å². The Hall–Kier alpha value is -4.18. The van der Waals surface area contributed by atoms with E-state index in [1.165, 1.54) is 6.20 Å². The molecule has 0 unspecified atom stereocenters. The number of aromatic nitrogens is 2. The number of hydrogen-bond acceptors (Lipinski definition) is 7. The monoisotopic (exact) mass is 461 g/mol. The maximum atomic E-state index is 12.4. The number of nitrogens with zero attached hydrogens (tertiary/aromatic N) is 3. The predicted octanol–water partition coefficient (Wildman–Crippen LogP) is 3.09. The van der Waals surface area contributed by atoms with Gasteiger partial charge in [0.05, 0.1) is 11.7 Å². The van der Waals surface area contributed by atoms with Crippen molar-refractivity contribution in [2.45, 2.75) is 25.5 Å². The maximum absolute atomic E-state index is 12.4. The van der Waals surface area contributed by atoms with Gasteiger partial charge in [-0.2, -0.15) is 4.98 Å². The molecule has 4 rings (SSSR count). The van der Waals surface area contributed by atoms with Crippen molar-refractivity contribution in [3.8, 4) is 0 Å². The van der Waals surface area contributed by atoms with Crippen LogP contribution in [0.5, 0.6) is 0 Å². The van der Waals surface area contributed by atoms with Gasteiger partial charge in [0.25, 0.3) is 5.91 Å². The minimum absolute atomic E-state index is 0.121. The molecule has 3 amide bonds. The number of hydrogen-bond donors (Lipinski definition) is 5. The molecule has 2 atom stereocenters. The summed E-state index contributed by atoms with van der Waals surface area (Å²) in [6.07, 6.45) is 1.47. The highest BCUT2D eigenvalue weighted by Crippen LogP contribution is 2.24. The molecule has 6 N–H and O–H groups in total. The van der Waals surface area contributed by atoms with Crippen LogP contribution in [0.15, 0.2) is 60.8 Å². The number of β-amino-alcohol motifs (C(OH)–C–C–N with tert-alkyl or cyclic N) is 1. The van der Waals surface area contributed by atoms with Gasteiger partial charge < -0.3 is 31.7 Å². The van der Waals surface area contributed by atoms with Crippen LogP contribution in [0.4, 0.5) is 27.9 Å². The average molecular weight is 462 g/mol. The van der Waals surface area contributed by atoms with E-state index in [1.807, 2.05) is 37.3 Å². The molecule has 1 aliphatic heterocycles. The summed E-state index contributed by atoms with van der Waals surface area (Å²) in [5.74, 6) is -0.0524. The van der Waals surface area contributed by atoms with Crippen molar-refractivity contribution in [2.24, 2.45) is 5.73 Å². The maximum Gasteiger partial charge on any atom is 0.321 e. The first-order valence-electron chi connectivity index (χ1n) is 11.0. The number of likely N-dealkylation sites (tertiary alicyclic amines) is 1. The van der Waals surface area contributed by atoms with Gasteiger partial charge >= 0.3 is 6.03 Å². The molecule has 2 aromatic carbocycles. The number of primary amides is 1. The van der Waals surface area contributed by atoms with Crippen molar-refractivity contribution in [1.29, 1.82) is 0 Å². The zero-order valence-corrected chi connectivity index (χ0v) is 18.7. The number of benzene rings is 2. The quantitative estimate of drug-likeness (QED) is 0.363. The fourth-order valence-electron chi connectivity index (χ4n) is 3.70. The van der Waals surface area contributed by atoms with Gasteiger partial charge in [0.1, 0.15) is 5.82 Å². The highest BCUT2D eigenvalue weighted by Gasteiger charge is 2.24. The summed E-state index contributed by atoms with van der Waals surface area (Å²) in [6.45, 7) is 2.80. The first-order valence-corrected chi connectivity index (χ1v) is 11.0. The van der Waals surface area contributed by atoms with Crippen molar-refractivity contribution in [3.63, 3.8) is 0 Å². The van der Waals surface area contributed by atoms with E-state index in [0.717, 1.165) is 5.56 Å². The summed E-state index contributed by atoms with van der Waals surface area (Å²) in [5.41, 5.74) is 7.96. The lowest BCUT2D eigenvalue weighted by Crippen LogP contribution is -2.33. The fourth-order valence-corrected chi connectivity index (χ4v) is 3.70. The van der Waals surface area contributed by atoms with Crippen LogP contribution in [0.3, 0.4) is 0 Å². The molecule has 0 spiro atoms.